The van der Waals surface area contributed by atoms with Crippen LogP contribution >= 0.6 is 11.6 Å². The van der Waals surface area contributed by atoms with E-state index in [1.165, 1.54) is 5.01 Å². The van der Waals surface area contributed by atoms with E-state index < -0.39 is 11.8 Å². The van der Waals surface area contributed by atoms with Gasteiger partial charge in [0.15, 0.2) is 0 Å². The first kappa shape index (κ1) is 19.8. The number of amides is 2. The van der Waals surface area contributed by atoms with Gasteiger partial charge in [-0.05, 0) is 50.3 Å². The number of hydrogen-bond acceptors (Lipinski definition) is 4. The Balaban J connectivity index is 1.94. The van der Waals surface area contributed by atoms with E-state index in [0.717, 1.165) is 18.8 Å². The molecule has 146 valence electrons. The molecular formula is C21H22ClN3O3. The number of carbonyl (C=O) groups is 2. The monoisotopic (exact) mass is 399 g/mol. The Hall–Kier alpha value is -2.99. The van der Waals surface area contributed by atoms with Gasteiger partial charge >= 0.3 is 0 Å². The summed E-state index contributed by atoms with van der Waals surface area (Å²) >= 11 is 5.99. The molecule has 28 heavy (non-hydrogen) atoms. The number of hydrogen-bond donors (Lipinski definition) is 1. The molecule has 6 nitrogen and oxygen atoms in total. The molecule has 1 fully saturated rings. The van der Waals surface area contributed by atoms with Crippen LogP contribution in [0.3, 0.4) is 0 Å². The third-order valence-corrected chi connectivity index (χ3v) is 4.84. The second-order valence-electron chi connectivity index (χ2n) is 6.22. The number of nitrogens with one attached hydrogen (secondary N) is 1. The molecule has 1 heterocycles. The van der Waals surface area contributed by atoms with Crippen molar-refractivity contribution in [3.05, 3.63) is 58.6 Å². The molecule has 0 unspecified atom stereocenters. The summed E-state index contributed by atoms with van der Waals surface area (Å²) < 4.78 is 5.49. The zero-order chi connectivity index (χ0) is 20.3. The number of anilines is 2. The Morgan fingerprint density at radius 1 is 1.14 bits per heavy atom. The van der Waals surface area contributed by atoms with Gasteiger partial charge in [0.1, 0.15) is 11.3 Å². The van der Waals surface area contributed by atoms with Crippen LogP contribution in [-0.2, 0) is 9.59 Å². The van der Waals surface area contributed by atoms with Crippen LogP contribution in [-0.4, -0.2) is 32.0 Å². The lowest BCUT2D eigenvalue weighted by molar-refractivity contribution is -0.117. The fraction of sp³-hybridized carbons (Fsp3) is 0.238. The molecule has 0 aliphatic carbocycles. The molecule has 0 radical (unpaired) electrons. The molecule has 3 rings (SSSR count). The Kier molecular flexibility index (Phi) is 5.90. The van der Waals surface area contributed by atoms with Gasteiger partial charge in [-0.15, -0.1) is 0 Å². The van der Waals surface area contributed by atoms with E-state index in [0.29, 0.717) is 22.0 Å². The van der Waals surface area contributed by atoms with Crippen molar-refractivity contribution in [2.75, 3.05) is 30.1 Å². The van der Waals surface area contributed by atoms with E-state index >= 15 is 0 Å². The largest absolute Gasteiger partial charge is 0.496 e. The summed E-state index contributed by atoms with van der Waals surface area (Å²) in [6.07, 6.45) is 1.55. The maximum absolute atomic E-state index is 12.8. The molecule has 0 spiro atoms. The molecule has 0 bridgehead atoms. The number of carbonyl (C=O) groups excluding carboxylic acids is 2. The van der Waals surface area contributed by atoms with Crippen LogP contribution in [0.25, 0.3) is 6.08 Å². The summed E-state index contributed by atoms with van der Waals surface area (Å²) in [4.78, 5) is 27.4. The minimum atomic E-state index is -0.472. The van der Waals surface area contributed by atoms with E-state index in [2.05, 4.69) is 24.2 Å². The van der Waals surface area contributed by atoms with E-state index in [-0.39, 0.29) is 5.57 Å². The Morgan fingerprint density at radius 2 is 1.89 bits per heavy atom. The molecule has 1 N–H and O–H groups in total. The smallest absolute Gasteiger partial charge is 0.282 e. The van der Waals surface area contributed by atoms with Gasteiger partial charge in [-0.3, -0.25) is 15.0 Å². The standard InChI is InChI=1S/C21H22ClN3O3/c1-4-24(5-2)16-10-9-14(19(13-16)28-3)11-18-20(26)23-25(21(18)27)17-8-6-7-15(22)12-17/h6-13H,4-5H2,1-3H3,(H,23,26). The molecule has 2 aromatic carbocycles. The Labute approximate surface area is 169 Å². The quantitative estimate of drug-likeness (QED) is 0.595. The van der Waals surface area contributed by atoms with Crippen molar-refractivity contribution in [2.24, 2.45) is 0 Å². The van der Waals surface area contributed by atoms with Gasteiger partial charge in [-0.25, -0.2) is 5.01 Å². The first-order valence-electron chi connectivity index (χ1n) is 9.04. The predicted molar refractivity (Wildman–Crippen MR) is 112 cm³/mol. The highest BCUT2D eigenvalue weighted by molar-refractivity contribution is 6.33. The molecule has 2 amide bonds. The lowest BCUT2D eigenvalue weighted by Gasteiger charge is -2.22. The third-order valence-electron chi connectivity index (χ3n) is 4.60. The molecule has 1 saturated heterocycles. The van der Waals surface area contributed by atoms with Crippen LogP contribution in [0.15, 0.2) is 48.0 Å². The van der Waals surface area contributed by atoms with Gasteiger partial charge in [0.25, 0.3) is 11.8 Å². The topological polar surface area (TPSA) is 61.9 Å². The van der Waals surface area contributed by atoms with Crippen molar-refractivity contribution < 1.29 is 14.3 Å². The zero-order valence-electron chi connectivity index (χ0n) is 16.0. The lowest BCUT2D eigenvalue weighted by atomic mass is 10.1. The number of methoxy groups -OCH3 is 1. The van der Waals surface area contributed by atoms with E-state index in [1.54, 1.807) is 37.5 Å². The van der Waals surface area contributed by atoms with Crippen molar-refractivity contribution in [1.29, 1.82) is 0 Å². The van der Waals surface area contributed by atoms with Crippen molar-refractivity contribution in [3.8, 4) is 5.75 Å². The highest BCUT2D eigenvalue weighted by Gasteiger charge is 2.34. The minimum absolute atomic E-state index is 0.0360. The summed E-state index contributed by atoms with van der Waals surface area (Å²) in [5.41, 5.74) is 4.78. The maximum Gasteiger partial charge on any atom is 0.282 e. The van der Waals surface area contributed by atoms with Crippen molar-refractivity contribution in [2.45, 2.75) is 13.8 Å². The Morgan fingerprint density at radius 3 is 2.54 bits per heavy atom. The van der Waals surface area contributed by atoms with E-state index in [4.69, 9.17) is 16.3 Å². The number of benzene rings is 2. The molecule has 2 aromatic rings. The molecular weight excluding hydrogens is 378 g/mol. The van der Waals surface area contributed by atoms with Crippen LogP contribution in [0.1, 0.15) is 19.4 Å². The van der Waals surface area contributed by atoms with Crippen molar-refractivity contribution >= 4 is 40.9 Å². The molecule has 1 aliphatic heterocycles. The maximum atomic E-state index is 12.8. The Bertz CT molecular complexity index is 938. The van der Waals surface area contributed by atoms with E-state index in [9.17, 15) is 9.59 Å². The van der Waals surface area contributed by atoms with Crippen LogP contribution in [0.5, 0.6) is 5.75 Å². The van der Waals surface area contributed by atoms with E-state index in [1.807, 2.05) is 18.2 Å². The minimum Gasteiger partial charge on any atom is -0.496 e. The number of ether oxygens (including phenoxy) is 1. The van der Waals surface area contributed by atoms with Crippen LogP contribution in [0.4, 0.5) is 11.4 Å². The van der Waals surface area contributed by atoms with Crippen LogP contribution < -0.4 is 20.1 Å². The van der Waals surface area contributed by atoms with Gasteiger partial charge in [0.2, 0.25) is 0 Å². The SMILES string of the molecule is CCN(CC)c1ccc(C=C2C(=O)NN(c3cccc(Cl)c3)C2=O)c(OC)c1. The zero-order valence-corrected chi connectivity index (χ0v) is 16.8. The summed E-state index contributed by atoms with van der Waals surface area (Å²) in [6.45, 7) is 5.90. The first-order valence-corrected chi connectivity index (χ1v) is 9.42. The summed E-state index contributed by atoms with van der Waals surface area (Å²) in [5, 5.41) is 1.67. The molecule has 0 saturated carbocycles. The normalized spacial score (nSPS) is 15.1. The first-order chi connectivity index (χ1) is 13.5. The summed E-state index contributed by atoms with van der Waals surface area (Å²) in [7, 11) is 1.57. The molecule has 1 aliphatic rings. The van der Waals surface area contributed by atoms with Crippen LogP contribution in [0, 0.1) is 0 Å². The number of nitrogens with zero attached hydrogens (tertiary/aromatic N) is 2. The van der Waals surface area contributed by atoms with Gasteiger partial charge in [-0.2, -0.15) is 0 Å². The fourth-order valence-electron chi connectivity index (χ4n) is 3.11. The third kappa shape index (κ3) is 3.82. The fourth-order valence-corrected chi connectivity index (χ4v) is 3.30. The van der Waals surface area contributed by atoms with Gasteiger partial charge in [0, 0.05) is 35.4 Å². The van der Waals surface area contributed by atoms with Crippen molar-refractivity contribution in [1.82, 2.24) is 5.43 Å². The predicted octanol–water partition coefficient (Wildman–Crippen LogP) is 3.66. The summed E-state index contributed by atoms with van der Waals surface area (Å²) in [5.74, 6) is -0.319. The molecule has 7 heteroatoms. The van der Waals surface area contributed by atoms with Gasteiger partial charge < -0.3 is 9.64 Å². The number of halogens is 1. The average Bonchev–Trinajstić information content (AvgIpc) is 2.98. The van der Waals surface area contributed by atoms with Crippen molar-refractivity contribution in [3.63, 3.8) is 0 Å². The molecule has 0 aromatic heterocycles. The van der Waals surface area contributed by atoms with Gasteiger partial charge in [0.05, 0.1) is 12.8 Å². The summed E-state index contributed by atoms with van der Waals surface area (Å²) in [6, 6.07) is 12.4. The van der Waals surface area contributed by atoms with Crippen LogP contribution in [0.2, 0.25) is 5.02 Å². The second-order valence-corrected chi connectivity index (χ2v) is 6.65. The number of hydrazine groups is 1. The van der Waals surface area contributed by atoms with Gasteiger partial charge in [-0.1, -0.05) is 17.7 Å². The second kappa shape index (κ2) is 8.35. The average molecular weight is 400 g/mol. The number of rotatable bonds is 6. The lowest BCUT2D eigenvalue weighted by Crippen LogP contribution is -2.35. The molecule has 0 atom stereocenters. The highest BCUT2D eigenvalue weighted by Crippen LogP contribution is 2.29. The highest BCUT2D eigenvalue weighted by atomic mass is 35.5.